The highest BCUT2D eigenvalue weighted by Crippen LogP contribution is 2.22. The molecule has 2 N–H and O–H groups in total. The molecule has 1 saturated heterocycles. The van der Waals surface area contributed by atoms with Gasteiger partial charge in [0.25, 0.3) is 0 Å². The summed E-state index contributed by atoms with van der Waals surface area (Å²) in [5.41, 5.74) is 4.41. The molecule has 2 aromatic carbocycles. The number of aromatic amines is 1. The molecule has 0 bridgehead atoms. The van der Waals surface area contributed by atoms with E-state index in [0.717, 1.165) is 54.8 Å². The highest BCUT2D eigenvalue weighted by Gasteiger charge is 2.24. The third-order valence-corrected chi connectivity index (χ3v) is 5.80. The predicted molar refractivity (Wildman–Crippen MR) is 113 cm³/mol. The third kappa shape index (κ3) is 3.62. The lowest BCUT2D eigenvalue weighted by atomic mass is 10.0. The maximum absolute atomic E-state index is 12.9. The third-order valence-electron chi connectivity index (χ3n) is 5.80. The molecule has 0 spiro atoms. The molecule has 3 aromatic rings. The number of piperazine rings is 1. The number of nitrogens with one attached hydrogen (secondary N) is 2. The van der Waals surface area contributed by atoms with E-state index in [4.69, 9.17) is 4.74 Å². The highest BCUT2D eigenvalue weighted by molar-refractivity contribution is 6.08. The number of hydrogen-bond donors (Lipinski definition) is 2. The smallest absolute Gasteiger partial charge is 0.219 e. The van der Waals surface area contributed by atoms with Gasteiger partial charge in [0.1, 0.15) is 12.3 Å². The number of nitrogens with zero attached hydrogens (tertiary/aromatic N) is 1. The monoisotopic (exact) mass is 378 g/mol. The first-order valence-electron chi connectivity index (χ1n) is 10.0. The van der Waals surface area contributed by atoms with Crippen LogP contribution >= 0.6 is 0 Å². The summed E-state index contributed by atoms with van der Waals surface area (Å²) >= 11 is 0. The van der Waals surface area contributed by atoms with Crippen LogP contribution in [0.25, 0.3) is 10.9 Å². The molecule has 1 fully saturated rings. The van der Waals surface area contributed by atoms with Gasteiger partial charge in [0.15, 0.2) is 0 Å². The summed E-state index contributed by atoms with van der Waals surface area (Å²) in [6, 6.07) is 14.4. The van der Waals surface area contributed by atoms with Crippen LogP contribution < -0.4 is 14.5 Å². The fourth-order valence-electron chi connectivity index (χ4n) is 4.12. The lowest BCUT2D eigenvalue weighted by Gasteiger charge is -2.33. The Morgan fingerprint density at radius 3 is 2.57 bits per heavy atom. The number of ketones is 1. The molecular weight excluding hydrogens is 350 g/mol. The normalized spacial score (nSPS) is 15.1. The number of fused-ring (bicyclic) bond motifs is 1. The number of benzene rings is 2. The number of rotatable bonds is 6. The minimum atomic E-state index is 0.229. The Kier molecular flexibility index (Phi) is 5.35. The Labute approximate surface area is 165 Å². The number of Topliss-reactive ketones (excluding diaryl/α,β-unsaturated/α-hetero) is 1. The minimum Gasteiger partial charge on any atom is -0.497 e. The van der Waals surface area contributed by atoms with E-state index < -0.39 is 0 Å². The van der Waals surface area contributed by atoms with Gasteiger partial charge in [0.2, 0.25) is 5.78 Å². The van der Waals surface area contributed by atoms with E-state index in [-0.39, 0.29) is 5.78 Å². The van der Waals surface area contributed by atoms with Gasteiger partial charge in [-0.25, -0.2) is 0 Å². The van der Waals surface area contributed by atoms with E-state index >= 15 is 0 Å². The van der Waals surface area contributed by atoms with Crippen LogP contribution in [0, 0.1) is 0 Å². The number of methoxy groups -OCH3 is 1. The number of aryl methyl sites for hydroxylation is 1. The van der Waals surface area contributed by atoms with Crippen molar-refractivity contribution in [1.29, 1.82) is 0 Å². The number of H-pyrrole nitrogens is 1. The van der Waals surface area contributed by atoms with Crippen molar-refractivity contribution in [3.05, 3.63) is 59.8 Å². The zero-order chi connectivity index (χ0) is 19.5. The van der Waals surface area contributed by atoms with Crippen LogP contribution in [-0.2, 0) is 6.42 Å². The van der Waals surface area contributed by atoms with Crippen LogP contribution in [0.2, 0.25) is 0 Å². The molecule has 146 valence electrons. The Morgan fingerprint density at radius 1 is 1.14 bits per heavy atom. The van der Waals surface area contributed by atoms with Gasteiger partial charge in [-0.05, 0) is 36.2 Å². The minimum absolute atomic E-state index is 0.229. The van der Waals surface area contributed by atoms with E-state index in [9.17, 15) is 4.79 Å². The molecule has 1 aromatic heterocycles. The number of para-hydroxylation sites is 1. The van der Waals surface area contributed by atoms with Gasteiger partial charge in [-0.1, -0.05) is 25.1 Å². The predicted octanol–water partition coefficient (Wildman–Crippen LogP) is 2.33. The molecule has 0 aliphatic carbocycles. The van der Waals surface area contributed by atoms with Gasteiger partial charge in [-0.3, -0.25) is 4.79 Å². The standard InChI is InChI=1S/C23H27N3O2/c1-3-17-5-4-6-20-21(15-24-23(17)20)22(27)16-25-11-13-26(14-12-25)18-7-9-19(28-2)10-8-18/h4-10,15,24H,3,11-14,16H2,1-2H3/p+1. The molecule has 1 aliphatic rings. The van der Waals surface area contributed by atoms with Crippen molar-refractivity contribution in [2.75, 3.05) is 44.7 Å². The number of aromatic nitrogens is 1. The largest absolute Gasteiger partial charge is 0.497 e. The Hall–Kier alpha value is -2.79. The summed E-state index contributed by atoms with van der Waals surface area (Å²) in [6.45, 7) is 6.57. The first kappa shape index (κ1) is 18.6. The summed E-state index contributed by atoms with van der Waals surface area (Å²) in [5, 5.41) is 1.06. The molecule has 0 radical (unpaired) electrons. The van der Waals surface area contributed by atoms with Crippen molar-refractivity contribution in [3.8, 4) is 5.75 Å². The fourth-order valence-corrected chi connectivity index (χ4v) is 4.12. The first-order chi connectivity index (χ1) is 13.7. The van der Waals surface area contributed by atoms with Crippen molar-refractivity contribution >= 4 is 22.4 Å². The van der Waals surface area contributed by atoms with Gasteiger partial charge >= 0.3 is 0 Å². The van der Waals surface area contributed by atoms with Crippen molar-refractivity contribution in [1.82, 2.24) is 4.98 Å². The average Bonchev–Trinajstić information content (AvgIpc) is 3.19. The number of carbonyl (C=O) groups excluding carboxylic acids is 1. The van der Waals surface area contributed by atoms with Crippen LogP contribution in [0.15, 0.2) is 48.7 Å². The summed E-state index contributed by atoms with van der Waals surface area (Å²) in [7, 11) is 1.69. The van der Waals surface area contributed by atoms with E-state index in [0.29, 0.717) is 6.54 Å². The average molecular weight is 378 g/mol. The van der Waals surface area contributed by atoms with E-state index in [2.05, 4.69) is 41.1 Å². The molecule has 5 nitrogen and oxygen atoms in total. The number of carbonyl (C=O) groups is 1. The molecule has 0 unspecified atom stereocenters. The Balaban J connectivity index is 1.39. The first-order valence-corrected chi connectivity index (χ1v) is 10.0. The maximum Gasteiger partial charge on any atom is 0.219 e. The van der Waals surface area contributed by atoms with Gasteiger partial charge in [-0.2, -0.15) is 0 Å². The second-order valence-corrected chi connectivity index (χ2v) is 7.43. The summed E-state index contributed by atoms with van der Waals surface area (Å²) < 4.78 is 5.24. The van der Waals surface area contributed by atoms with Gasteiger partial charge in [0, 0.05) is 28.4 Å². The SMILES string of the molecule is CCc1cccc2c(C(=O)C[NH+]3CCN(c4ccc(OC)cc4)CC3)c[nH]c12. The molecule has 4 rings (SSSR count). The Bertz CT molecular complexity index is 954. The van der Waals surface area contributed by atoms with Crippen molar-refractivity contribution in [2.45, 2.75) is 13.3 Å². The second-order valence-electron chi connectivity index (χ2n) is 7.43. The van der Waals surface area contributed by atoms with Crippen LogP contribution in [0.5, 0.6) is 5.75 Å². The van der Waals surface area contributed by atoms with Crippen LogP contribution in [0.3, 0.4) is 0 Å². The van der Waals surface area contributed by atoms with Crippen LogP contribution in [-0.4, -0.2) is 50.6 Å². The van der Waals surface area contributed by atoms with E-state index in [1.165, 1.54) is 16.2 Å². The zero-order valence-corrected chi connectivity index (χ0v) is 16.6. The van der Waals surface area contributed by atoms with Crippen LogP contribution in [0.4, 0.5) is 5.69 Å². The molecular formula is C23H28N3O2+. The molecule has 0 amide bonds. The maximum atomic E-state index is 12.9. The molecule has 0 atom stereocenters. The molecule has 0 saturated carbocycles. The summed E-state index contributed by atoms with van der Waals surface area (Å²) in [5.74, 6) is 1.11. The van der Waals surface area contributed by atoms with Crippen molar-refractivity contribution in [2.24, 2.45) is 0 Å². The molecule has 2 heterocycles. The zero-order valence-electron chi connectivity index (χ0n) is 16.6. The van der Waals surface area contributed by atoms with Gasteiger partial charge in [-0.15, -0.1) is 0 Å². The molecule has 28 heavy (non-hydrogen) atoms. The Morgan fingerprint density at radius 2 is 1.89 bits per heavy atom. The molecule has 5 heteroatoms. The van der Waals surface area contributed by atoms with Crippen LogP contribution in [0.1, 0.15) is 22.8 Å². The number of quaternary nitrogens is 1. The quantitative estimate of drug-likeness (QED) is 0.648. The van der Waals surface area contributed by atoms with Crippen molar-refractivity contribution < 1.29 is 14.4 Å². The number of anilines is 1. The lowest BCUT2D eigenvalue weighted by Crippen LogP contribution is -3.15. The fraction of sp³-hybridized carbons (Fsp3) is 0.348. The highest BCUT2D eigenvalue weighted by atomic mass is 16.5. The number of hydrogen-bond acceptors (Lipinski definition) is 3. The summed E-state index contributed by atoms with van der Waals surface area (Å²) in [6.07, 6.45) is 2.85. The van der Waals surface area contributed by atoms with Gasteiger partial charge < -0.3 is 19.5 Å². The lowest BCUT2D eigenvalue weighted by molar-refractivity contribution is -0.892. The van der Waals surface area contributed by atoms with E-state index in [1.54, 1.807) is 7.11 Å². The van der Waals surface area contributed by atoms with E-state index in [1.807, 2.05) is 24.4 Å². The molecule has 1 aliphatic heterocycles. The summed E-state index contributed by atoms with van der Waals surface area (Å²) in [4.78, 5) is 20.0. The topological polar surface area (TPSA) is 49.8 Å². The van der Waals surface area contributed by atoms with Crippen molar-refractivity contribution in [3.63, 3.8) is 0 Å². The van der Waals surface area contributed by atoms with Gasteiger partial charge in [0.05, 0.1) is 33.3 Å². The second kappa shape index (κ2) is 8.07. The number of ether oxygens (including phenoxy) is 1.